The molecule has 0 spiro atoms. The lowest BCUT2D eigenvalue weighted by Crippen LogP contribution is -2.49. The van der Waals surface area contributed by atoms with E-state index >= 15 is 0 Å². The second kappa shape index (κ2) is 9.88. The molecule has 2 heterocycles. The Labute approximate surface area is 216 Å². The molecular formula is C26H29ClN4O4S. The number of fused-ring (bicyclic) bond motifs is 1. The van der Waals surface area contributed by atoms with Crippen molar-refractivity contribution in [1.29, 1.82) is 0 Å². The van der Waals surface area contributed by atoms with E-state index in [-0.39, 0.29) is 23.3 Å². The largest absolute Gasteiger partial charge is 0.482 e. The van der Waals surface area contributed by atoms with E-state index in [1.165, 1.54) is 26.4 Å². The molecule has 0 amide bonds. The molecule has 8 nitrogen and oxygen atoms in total. The molecule has 0 radical (unpaired) electrons. The fourth-order valence-corrected chi connectivity index (χ4v) is 5.99. The standard InChI is InChI=1S/C26H29ClN4O4S/c1-18-14-19-6-3-4-7-20(19)15-24(18)35-25-23(29-10-12-30(13-11-29)36(2,33)34)17-28-31(26(25)32)22-9-5-8-21(27)16-22/h3-9,16-18,24H,10-15H2,1-2H3. The van der Waals surface area contributed by atoms with Crippen molar-refractivity contribution in [3.63, 3.8) is 0 Å². The summed E-state index contributed by atoms with van der Waals surface area (Å²) >= 11 is 6.18. The summed E-state index contributed by atoms with van der Waals surface area (Å²) < 4.78 is 33.3. The molecule has 1 aromatic heterocycles. The van der Waals surface area contributed by atoms with Crippen molar-refractivity contribution in [1.82, 2.24) is 14.1 Å². The molecule has 2 aliphatic rings. The fraction of sp³-hybridized carbons (Fsp3) is 0.385. The van der Waals surface area contributed by atoms with Crippen LogP contribution >= 0.6 is 11.6 Å². The summed E-state index contributed by atoms with van der Waals surface area (Å²) in [6, 6.07) is 15.3. The number of aromatic nitrogens is 2. The highest BCUT2D eigenvalue weighted by Crippen LogP contribution is 2.32. The van der Waals surface area contributed by atoms with Crippen molar-refractivity contribution in [2.24, 2.45) is 5.92 Å². The molecular weight excluding hydrogens is 500 g/mol. The van der Waals surface area contributed by atoms with E-state index in [0.29, 0.717) is 49.0 Å². The van der Waals surface area contributed by atoms with Gasteiger partial charge in [0.05, 0.1) is 18.1 Å². The predicted molar refractivity (Wildman–Crippen MR) is 141 cm³/mol. The molecule has 1 aliphatic heterocycles. The van der Waals surface area contributed by atoms with E-state index in [4.69, 9.17) is 16.3 Å². The third-order valence-corrected chi connectivity index (χ3v) is 8.54. The Morgan fingerprint density at radius 3 is 2.36 bits per heavy atom. The molecule has 2 unspecified atom stereocenters. The summed E-state index contributed by atoms with van der Waals surface area (Å²) in [5, 5.41) is 4.94. The number of hydrogen-bond donors (Lipinski definition) is 0. The van der Waals surface area contributed by atoms with Gasteiger partial charge in [0.15, 0.2) is 0 Å². The lowest BCUT2D eigenvalue weighted by molar-refractivity contribution is 0.131. The average molecular weight is 529 g/mol. The van der Waals surface area contributed by atoms with Crippen LogP contribution in [0, 0.1) is 5.92 Å². The van der Waals surface area contributed by atoms with Crippen molar-refractivity contribution < 1.29 is 13.2 Å². The summed E-state index contributed by atoms with van der Waals surface area (Å²) in [7, 11) is -3.27. The Kier molecular flexibility index (Phi) is 6.80. The maximum atomic E-state index is 13.8. The van der Waals surface area contributed by atoms with Gasteiger partial charge in [-0.1, -0.05) is 48.9 Å². The molecule has 1 saturated heterocycles. The summed E-state index contributed by atoms with van der Waals surface area (Å²) in [4.78, 5) is 15.8. The van der Waals surface area contributed by atoms with Crippen LogP contribution in [0.5, 0.6) is 5.75 Å². The summed E-state index contributed by atoms with van der Waals surface area (Å²) in [5.74, 6) is 0.441. The van der Waals surface area contributed by atoms with Crippen LogP contribution in [0.4, 0.5) is 5.69 Å². The lowest BCUT2D eigenvalue weighted by atomic mass is 9.83. The van der Waals surface area contributed by atoms with Crippen molar-refractivity contribution >= 4 is 27.3 Å². The first-order chi connectivity index (χ1) is 17.2. The SMILES string of the molecule is CC1Cc2ccccc2CC1Oc1c(N2CCN(S(C)(=O)=O)CC2)cnn(-c2cccc(Cl)c2)c1=O. The molecule has 3 aromatic rings. The average Bonchev–Trinajstić information content (AvgIpc) is 2.85. The van der Waals surface area contributed by atoms with Crippen LogP contribution in [-0.2, 0) is 22.9 Å². The first-order valence-electron chi connectivity index (χ1n) is 12.0. The smallest absolute Gasteiger partial charge is 0.316 e. The number of hydrogen-bond acceptors (Lipinski definition) is 6. The number of halogens is 1. The minimum atomic E-state index is -3.27. The fourth-order valence-electron chi connectivity index (χ4n) is 4.98. The maximum absolute atomic E-state index is 13.8. The molecule has 190 valence electrons. The molecule has 0 saturated carbocycles. The lowest BCUT2D eigenvalue weighted by Gasteiger charge is -2.36. The van der Waals surface area contributed by atoms with Crippen LogP contribution in [0.15, 0.2) is 59.5 Å². The minimum absolute atomic E-state index is 0.182. The monoisotopic (exact) mass is 528 g/mol. The third-order valence-electron chi connectivity index (χ3n) is 7.00. The molecule has 2 aromatic carbocycles. The van der Waals surface area contributed by atoms with Gasteiger partial charge in [0.25, 0.3) is 0 Å². The van der Waals surface area contributed by atoms with E-state index in [2.05, 4.69) is 24.2 Å². The number of benzene rings is 2. The Morgan fingerprint density at radius 2 is 1.69 bits per heavy atom. The van der Waals surface area contributed by atoms with Gasteiger partial charge in [0, 0.05) is 37.6 Å². The normalized spacial score (nSPS) is 20.7. The predicted octanol–water partition coefficient (Wildman–Crippen LogP) is 3.15. The van der Waals surface area contributed by atoms with Gasteiger partial charge in [-0.2, -0.15) is 14.1 Å². The molecule has 5 rings (SSSR count). The van der Waals surface area contributed by atoms with E-state index in [1.54, 1.807) is 30.5 Å². The second-order valence-electron chi connectivity index (χ2n) is 9.52. The first-order valence-corrected chi connectivity index (χ1v) is 14.2. The number of rotatable bonds is 5. The van der Waals surface area contributed by atoms with Crippen molar-refractivity contribution in [3.05, 3.63) is 81.2 Å². The molecule has 0 N–H and O–H groups in total. The maximum Gasteiger partial charge on any atom is 0.316 e. The molecule has 2 atom stereocenters. The van der Waals surface area contributed by atoms with E-state index in [1.807, 2.05) is 17.0 Å². The summed E-state index contributed by atoms with van der Waals surface area (Å²) in [6.45, 7) is 3.69. The third kappa shape index (κ3) is 5.00. The number of sulfonamides is 1. The highest BCUT2D eigenvalue weighted by molar-refractivity contribution is 7.88. The summed E-state index contributed by atoms with van der Waals surface area (Å²) in [6.07, 6.45) is 4.25. The number of nitrogens with zero attached hydrogens (tertiary/aromatic N) is 4. The Hall–Kier alpha value is -2.88. The van der Waals surface area contributed by atoms with Gasteiger partial charge < -0.3 is 9.64 Å². The Morgan fingerprint density at radius 1 is 1.00 bits per heavy atom. The van der Waals surface area contributed by atoms with Gasteiger partial charge in [-0.05, 0) is 41.7 Å². The van der Waals surface area contributed by atoms with E-state index in [0.717, 1.165) is 6.42 Å². The zero-order valence-electron chi connectivity index (χ0n) is 20.3. The van der Waals surface area contributed by atoms with Gasteiger partial charge in [0.1, 0.15) is 11.8 Å². The van der Waals surface area contributed by atoms with Gasteiger partial charge in [-0.3, -0.25) is 4.79 Å². The Bertz CT molecular complexity index is 1430. The molecule has 0 bridgehead atoms. The van der Waals surface area contributed by atoms with Crippen LogP contribution < -0.4 is 15.2 Å². The molecule has 1 fully saturated rings. The van der Waals surface area contributed by atoms with Crippen LogP contribution in [-0.4, -0.2) is 61.0 Å². The second-order valence-corrected chi connectivity index (χ2v) is 11.9. The van der Waals surface area contributed by atoms with E-state index in [9.17, 15) is 13.2 Å². The zero-order valence-corrected chi connectivity index (χ0v) is 21.9. The molecule has 10 heteroatoms. The summed E-state index contributed by atoms with van der Waals surface area (Å²) in [5.41, 5.74) is 3.30. The van der Waals surface area contributed by atoms with E-state index < -0.39 is 10.0 Å². The number of ether oxygens (including phenoxy) is 1. The van der Waals surface area contributed by atoms with Crippen LogP contribution in [0.1, 0.15) is 18.1 Å². The zero-order chi connectivity index (χ0) is 25.4. The number of piperazine rings is 1. The van der Waals surface area contributed by atoms with Crippen molar-refractivity contribution in [2.45, 2.75) is 25.9 Å². The van der Waals surface area contributed by atoms with Gasteiger partial charge in [0.2, 0.25) is 15.8 Å². The Balaban J connectivity index is 1.52. The minimum Gasteiger partial charge on any atom is -0.482 e. The molecule has 36 heavy (non-hydrogen) atoms. The topological polar surface area (TPSA) is 84.7 Å². The van der Waals surface area contributed by atoms with Gasteiger partial charge >= 0.3 is 5.56 Å². The van der Waals surface area contributed by atoms with Crippen LogP contribution in [0.25, 0.3) is 5.69 Å². The quantitative estimate of drug-likeness (QED) is 0.506. The molecule has 1 aliphatic carbocycles. The highest BCUT2D eigenvalue weighted by atomic mass is 35.5. The van der Waals surface area contributed by atoms with Crippen LogP contribution in [0.2, 0.25) is 5.02 Å². The highest BCUT2D eigenvalue weighted by Gasteiger charge is 2.31. The van der Waals surface area contributed by atoms with Crippen molar-refractivity contribution in [2.75, 3.05) is 37.3 Å². The number of anilines is 1. The van der Waals surface area contributed by atoms with Crippen molar-refractivity contribution in [3.8, 4) is 11.4 Å². The first kappa shape index (κ1) is 24.8. The van der Waals surface area contributed by atoms with Gasteiger partial charge in [-0.25, -0.2) is 8.42 Å². The van der Waals surface area contributed by atoms with Crippen LogP contribution in [0.3, 0.4) is 0 Å². The van der Waals surface area contributed by atoms with Gasteiger partial charge in [-0.15, -0.1) is 0 Å².